The van der Waals surface area contributed by atoms with Crippen molar-refractivity contribution in [3.8, 4) is 5.75 Å². The highest BCUT2D eigenvalue weighted by molar-refractivity contribution is 5.78. The molecule has 1 aliphatic heterocycles. The lowest BCUT2D eigenvalue weighted by Gasteiger charge is -2.11. The topological polar surface area (TPSA) is 38.3 Å². The zero-order valence-corrected chi connectivity index (χ0v) is 8.20. The Bertz CT molecular complexity index is 350. The van der Waals surface area contributed by atoms with Crippen molar-refractivity contribution in [2.45, 2.75) is 18.9 Å². The third kappa shape index (κ3) is 2.68. The van der Waals surface area contributed by atoms with Gasteiger partial charge in [-0.1, -0.05) is 0 Å². The molecular weight excluding hydrogens is 197 g/mol. The van der Waals surface area contributed by atoms with Crippen molar-refractivity contribution < 1.29 is 13.9 Å². The van der Waals surface area contributed by atoms with Gasteiger partial charge in [0.25, 0.3) is 0 Å². The molecule has 2 rings (SSSR count). The minimum absolute atomic E-state index is 0.0720. The van der Waals surface area contributed by atoms with E-state index in [0.717, 1.165) is 6.42 Å². The lowest BCUT2D eigenvalue weighted by atomic mass is 10.2. The zero-order valence-electron chi connectivity index (χ0n) is 8.20. The van der Waals surface area contributed by atoms with Crippen LogP contribution >= 0.6 is 0 Å². The maximum absolute atomic E-state index is 12.6. The molecule has 1 heterocycles. The fraction of sp³-hybridized carbons (Fsp3) is 0.364. The molecule has 1 amide bonds. The molecule has 1 unspecified atom stereocenters. The van der Waals surface area contributed by atoms with Crippen LogP contribution in [-0.4, -0.2) is 18.6 Å². The van der Waals surface area contributed by atoms with Crippen LogP contribution in [0, 0.1) is 5.82 Å². The smallest absolute Gasteiger partial charge is 0.220 e. The molecule has 0 saturated carbocycles. The molecule has 15 heavy (non-hydrogen) atoms. The van der Waals surface area contributed by atoms with Gasteiger partial charge < -0.3 is 10.1 Å². The van der Waals surface area contributed by atoms with E-state index in [9.17, 15) is 9.18 Å². The van der Waals surface area contributed by atoms with Gasteiger partial charge in [0.1, 0.15) is 18.2 Å². The minimum Gasteiger partial charge on any atom is -0.491 e. The van der Waals surface area contributed by atoms with Gasteiger partial charge in [0.15, 0.2) is 0 Å². The number of carbonyl (C=O) groups excluding carboxylic acids is 1. The van der Waals surface area contributed by atoms with E-state index in [-0.39, 0.29) is 17.8 Å². The molecule has 1 atom stereocenters. The maximum atomic E-state index is 12.6. The largest absolute Gasteiger partial charge is 0.491 e. The number of halogens is 1. The summed E-state index contributed by atoms with van der Waals surface area (Å²) in [6, 6.07) is 5.94. The Balaban J connectivity index is 1.83. The van der Waals surface area contributed by atoms with E-state index < -0.39 is 0 Å². The Morgan fingerprint density at radius 3 is 2.73 bits per heavy atom. The van der Waals surface area contributed by atoms with Crippen molar-refractivity contribution in [1.82, 2.24) is 5.32 Å². The summed E-state index contributed by atoms with van der Waals surface area (Å²) >= 11 is 0. The number of nitrogens with one attached hydrogen (secondary N) is 1. The number of rotatable bonds is 3. The van der Waals surface area contributed by atoms with Crippen molar-refractivity contribution in [3.63, 3.8) is 0 Å². The molecule has 0 radical (unpaired) electrons. The summed E-state index contributed by atoms with van der Waals surface area (Å²) in [6.45, 7) is 0.442. The van der Waals surface area contributed by atoms with Gasteiger partial charge in [0, 0.05) is 6.42 Å². The Kier molecular flexibility index (Phi) is 2.85. The molecule has 3 nitrogen and oxygen atoms in total. The second-order valence-electron chi connectivity index (χ2n) is 3.57. The Morgan fingerprint density at radius 1 is 1.40 bits per heavy atom. The van der Waals surface area contributed by atoms with Crippen molar-refractivity contribution >= 4 is 5.91 Å². The van der Waals surface area contributed by atoms with Gasteiger partial charge in [-0.05, 0) is 30.7 Å². The molecule has 1 fully saturated rings. The van der Waals surface area contributed by atoms with E-state index in [1.165, 1.54) is 12.1 Å². The van der Waals surface area contributed by atoms with Gasteiger partial charge in [-0.3, -0.25) is 4.79 Å². The quantitative estimate of drug-likeness (QED) is 0.818. The molecular formula is C11H12FNO2. The summed E-state index contributed by atoms with van der Waals surface area (Å²) in [5.74, 6) is 0.414. The standard InChI is InChI=1S/C11H12FNO2/c12-8-1-4-10(5-2-8)15-7-9-3-6-11(14)13-9/h1-2,4-5,9H,3,6-7H2,(H,13,14). The van der Waals surface area contributed by atoms with Crippen molar-refractivity contribution in [1.29, 1.82) is 0 Å². The van der Waals surface area contributed by atoms with Crippen LogP contribution < -0.4 is 10.1 Å². The van der Waals surface area contributed by atoms with Crippen LogP contribution in [0.4, 0.5) is 4.39 Å². The van der Waals surface area contributed by atoms with Crippen LogP contribution in [0.15, 0.2) is 24.3 Å². The van der Waals surface area contributed by atoms with Crippen LogP contribution in [0.3, 0.4) is 0 Å². The van der Waals surface area contributed by atoms with Gasteiger partial charge in [-0.25, -0.2) is 4.39 Å². The van der Waals surface area contributed by atoms with E-state index >= 15 is 0 Å². The molecule has 0 bridgehead atoms. The predicted molar refractivity (Wildman–Crippen MR) is 53.1 cm³/mol. The second kappa shape index (κ2) is 4.29. The summed E-state index contributed by atoms with van der Waals surface area (Å²) in [6.07, 6.45) is 1.37. The molecule has 1 aromatic carbocycles. The SMILES string of the molecule is O=C1CCC(COc2ccc(F)cc2)N1. The van der Waals surface area contributed by atoms with Crippen LogP contribution in [0.5, 0.6) is 5.75 Å². The van der Waals surface area contributed by atoms with E-state index in [1.54, 1.807) is 12.1 Å². The summed E-state index contributed by atoms with van der Waals surface area (Å²) in [4.78, 5) is 10.9. The molecule has 1 aliphatic rings. The number of hydrogen-bond donors (Lipinski definition) is 1. The number of benzene rings is 1. The molecule has 0 aliphatic carbocycles. The molecule has 1 saturated heterocycles. The maximum Gasteiger partial charge on any atom is 0.220 e. The zero-order chi connectivity index (χ0) is 10.7. The first-order chi connectivity index (χ1) is 7.24. The Morgan fingerprint density at radius 2 is 2.13 bits per heavy atom. The number of ether oxygens (including phenoxy) is 1. The monoisotopic (exact) mass is 209 g/mol. The van der Waals surface area contributed by atoms with Crippen LogP contribution in [0.2, 0.25) is 0 Å². The lowest BCUT2D eigenvalue weighted by Crippen LogP contribution is -2.30. The number of hydrogen-bond acceptors (Lipinski definition) is 2. The molecule has 1 aromatic rings. The Labute approximate surface area is 87.2 Å². The van der Waals surface area contributed by atoms with Crippen LogP contribution in [-0.2, 0) is 4.79 Å². The van der Waals surface area contributed by atoms with Gasteiger partial charge in [0.2, 0.25) is 5.91 Å². The van der Waals surface area contributed by atoms with Crippen LogP contribution in [0.1, 0.15) is 12.8 Å². The average molecular weight is 209 g/mol. The van der Waals surface area contributed by atoms with Gasteiger partial charge in [-0.15, -0.1) is 0 Å². The fourth-order valence-electron chi connectivity index (χ4n) is 1.53. The van der Waals surface area contributed by atoms with Gasteiger partial charge >= 0.3 is 0 Å². The van der Waals surface area contributed by atoms with Gasteiger partial charge in [-0.2, -0.15) is 0 Å². The second-order valence-corrected chi connectivity index (χ2v) is 3.57. The van der Waals surface area contributed by atoms with Crippen molar-refractivity contribution in [3.05, 3.63) is 30.1 Å². The molecule has 1 N–H and O–H groups in total. The minimum atomic E-state index is -0.281. The summed E-state index contributed by atoms with van der Waals surface area (Å²) in [5.41, 5.74) is 0. The molecule has 4 heteroatoms. The summed E-state index contributed by atoms with van der Waals surface area (Å²) in [7, 11) is 0. The lowest BCUT2D eigenvalue weighted by molar-refractivity contribution is -0.119. The van der Waals surface area contributed by atoms with E-state index in [1.807, 2.05) is 0 Å². The third-order valence-electron chi connectivity index (χ3n) is 2.35. The highest BCUT2D eigenvalue weighted by atomic mass is 19.1. The first kappa shape index (κ1) is 9.96. The van der Waals surface area contributed by atoms with Crippen molar-refractivity contribution in [2.24, 2.45) is 0 Å². The molecule has 0 spiro atoms. The third-order valence-corrected chi connectivity index (χ3v) is 2.35. The van der Waals surface area contributed by atoms with Gasteiger partial charge in [0.05, 0.1) is 6.04 Å². The highest BCUT2D eigenvalue weighted by Gasteiger charge is 2.20. The molecule has 0 aromatic heterocycles. The molecule has 80 valence electrons. The van der Waals surface area contributed by atoms with E-state index in [4.69, 9.17) is 4.74 Å². The average Bonchev–Trinajstić information content (AvgIpc) is 2.64. The van der Waals surface area contributed by atoms with E-state index in [0.29, 0.717) is 18.8 Å². The first-order valence-corrected chi connectivity index (χ1v) is 4.92. The highest BCUT2D eigenvalue weighted by Crippen LogP contribution is 2.13. The van der Waals surface area contributed by atoms with Crippen molar-refractivity contribution in [2.75, 3.05) is 6.61 Å². The number of carbonyl (C=O) groups is 1. The summed E-state index contributed by atoms with van der Waals surface area (Å²) < 4.78 is 18.0. The first-order valence-electron chi connectivity index (χ1n) is 4.92. The normalized spacial score (nSPS) is 20.1. The predicted octanol–water partition coefficient (Wildman–Crippen LogP) is 1.48. The summed E-state index contributed by atoms with van der Waals surface area (Å²) in [5, 5.41) is 2.80. The van der Waals surface area contributed by atoms with Crippen LogP contribution in [0.25, 0.3) is 0 Å². The Hall–Kier alpha value is -1.58. The van der Waals surface area contributed by atoms with E-state index in [2.05, 4.69) is 5.32 Å². The number of amides is 1. The fourth-order valence-corrected chi connectivity index (χ4v) is 1.53.